The van der Waals surface area contributed by atoms with E-state index < -0.39 is 14.6 Å². The summed E-state index contributed by atoms with van der Waals surface area (Å²) in [5, 5.41) is 0. The summed E-state index contributed by atoms with van der Waals surface area (Å²) >= 11 is -8.38. The standard InChI is InChI=1S/6H2O.Sn.Zn.4H/h6*1H2;;;;;;/q;;;;;;;+6;;;;/p-6. The topological polar surface area (TPSA) is 121 Å². The van der Waals surface area contributed by atoms with Gasteiger partial charge in [-0.1, -0.05) is 0 Å². The minimum atomic E-state index is -8.38. The van der Waals surface area contributed by atoms with Crippen molar-refractivity contribution in [2.24, 2.45) is 0 Å². The molecule has 0 aromatic carbocycles. The Morgan fingerprint density at radius 1 is 0.625 bits per heavy atom. The zero-order valence-electron chi connectivity index (χ0n) is 3.39. The van der Waals surface area contributed by atoms with E-state index in [1.54, 1.807) is 0 Å². The Morgan fingerprint density at radius 3 is 0.625 bits per heavy atom. The fourth-order valence-electron chi connectivity index (χ4n) is 0. The molecule has 0 bridgehead atoms. The number of hydrogen-bond acceptors (Lipinski definition) is 6. The Hall–Kier alpha value is 1.18. The van der Waals surface area contributed by atoms with Crippen LogP contribution in [0, 0.1) is 0 Å². The van der Waals surface area contributed by atoms with E-state index in [0.717, 1.165) is 0 Å². The average molecular weight is 290 g/mol. The van der Waals surface area contributed by atoms with Crippen molar-refractivity contribution >= 4 is 23.9 Å². The maximum atomic E-state index is 7.44. The van der Waals surface area contributed by atoms with E-state index >= 15 is 0 Å². The predicted octanol–water partition coefficient (Wildman–Crippen LogP) is -4.80. The van der Waals surface area contributed by atoms with Crippen molar-refractivity contribution in [3.63, 3.8) is 0 Å². The van der Waals surface area contributed by atoms with E-state index in [-0.39, 0.29) is 23.9 Å². The average Bonchev–Trinajstić information content (AvgIpc) is 0.592. The first-order valence-corrected chi connectivity index (χ1v) is 9.86. The Kier molecular flexibility index (Phi) is 2.40. The van der Waals surface area contributed by atoms with Crippen molar-refractivity contribution in [2.45, 2.75) is 0 Å². The van der Waals surface area contributed by atoms with Crippen LogP contribution >= 0.6 is 0 Å². The van der Waals surface area contributed by atoms with Crippen LogP contribution in [0.15, 0.2) is 0 Å². The molecule has 0 amide bonds. The molecular weight excluding hydrogens is 280 g/mol. The first-order valence-electron chi connectivity index (χ1n) is 1.90. The second kappa shape index (κ2) is 1.61. The molecule has 0 rings (SSSR count). The molecule has 0 unspecified atom stereocenters. The molecule has 0 heterocycles. The van der Waals surface area contributed by atoms with Gasteiger partial charge in [0.25, 0.3) is 0 Å². The van der Waals surface area contributed by atoms with Crippen LogP contribution in [0.5, 0.6) is 0 Å². The van der Waals surface area contributed by atoms with Gasteiger partial charge in [-0.25, -0.2) is 0 Å². The molecule has 52 valence electrons. The van der Waals surface area contributed by atoms with Crippen molar-refractivity contribution in [3.05, 3.63) is 0 Å². The summed E-state index contributed by atoms with van der Waals surface area (Å²) in [4.78, 5) is 0. The monoisotopic (exact) mass is 290 g/mol. The maximum absolute atomic E-state index is 8.38. The second-order valence-corrected chi connectivity index (χ2v) is 11.0. The van der Waals surface area contributed by atoms with Crippen LogP contribution in [-0.4, -0.2) is 47.5 Å². The van der Waals surface area contributed by atoms with Crippen LogP contribution in [0.2, 0.25) is 0 Å². The van der Waals surface area contributed by atoms with E-state index in [9.17, 15) is 0 Å². The van der Waals surface area contributed by atoms with Gasteiger partial charge in [0.05, 0.1) is 0 Å². The summed E-state index contributed by atoms with van der Waals surface area (Å²) in [6.45, 7) is 0. The zero-order valence-corrected chi connectivity index (χ0v) is 6.36. The Balaban J connectivity index is 0. The normalized spacial score (nSPS) is 15.8. The first-order chi connectivity index (χ1) is 2.45. The molecule has 0 aromatic rings. The van der Waals surface area contributed by atoms with Gasteiger partial charge >= 0.3 is 62.1 Å². The molecule has 0 aliphatic rings. The molecule has 6 N–H and O–H groups in total. The van der Waals surface area contributed by atoms with E-state index in [1.807, 2.05) is 0 Å². The summed E-state index contributed by atoms with van der Waals surface area (Å²) < 4.78 is 44.6. The van der Waals surface area contributed by atoms with Crippen LogP contribution in [-0.2, 0) is 14.6 Å². The van der Waals surface area contributed by atoms with Gasteiger partial charge in [-0.15, -0.1) is 0 Å². The Morgan fingerprint density at radius 2 is 0.625 bits per heavy atom. The molecule has 0 atom stereocenters. The molecule has 6 nitrogen and oxygen atoms in total. The van der Waals surface area contributed by atoms with Crippen molar-refractivity contribution in [2.75, 3.05) is 0 Å². The quantitative estimate of drug-likeness (QED) is 0.249. The third-order valence-corrected chi connectivity index (χ3v) is 0. The summed E-state index contributed by atoms with van der Waals surface area (Å²) in [5.74, 6) is 0. The Labute approximate surface area is 62.1 Å². The van der Waals surface area contributed by atoms with Crippen LogP contribution in [0.1, 0.15) is 0 Å². The molecule has 0 spiro atoms. The summed E-state index contributed by atoms with van der Waals surface area (Å²) in [6.07, 6.45) is 0. The molecule has 0 saturated carbocycles. The van der Waals surface area contributed by atoms with Crippen LogP contribution in [0.3, 0.4) is 0 Å². The minimum absolute atomic E-state index is 0. The summed E-state index contributed by atoms with van der Waals surface area (Å²) in [6, 6.07) is 0. The molecule has 8 heteroatoms. The van der Waals surface area contributed by atoms with Gasteiger partial charge < -0.3 is 0 Å². The number of rotatable bonds is 0. The van der Waals surface area contributed by atoms with E-state index in [0.29, 0.717) is 0 Å². The van der Waals surface area contributed by atoms with E-state index in [2.05, 4.69) is 0 Å². The SMILES string of the molecule is [OH][Zn]([OH])([OH])([OH])([OH])[OH].[SnH4]. The van der Waals surface area contributed by atoms with Gasteiger partial charge in [0.2, 0.25) is 0 Å². The van der Waals surface area contributed by atoms with Crippen LogP contribution in [0.25, 0.3) is 0 Å². The molecule has 0 fully saturated rings. The summed E-state index contributed by atoms with van der Waals surface area (Å²) in [5.41, 5.74) is 0. The van der Waals surface area contributed by atoms with Gasteiger partial charge in [0.15, 0.2) is 0 Å². The van der Waals surface area contributed by atoms with Gasteiger partial charge in [-0.05, 0) is 0 Å². The fourth-order valence-corrected chi connectivity index (χ4v) is 0. The third-order valence-electron chi connectivity index (χ3n) is 0. The Bertz CT molecular complexity index is 67.1. The predicted molar refractivity (Wildman–Crippen MR) is 24.6 cm³/mol. The molecule has 8 heavy (non-hydrogen) atoms. The van der Waals surface area contributed by atoms with Crippen molar-refractivity contribution < 1.29 is 38.2 Å². The van der Waals surface area contributed by atoms with Gasteiger partial charge in [0.1, 0.15) is 0 Å². The van der Waals surface area contributed by atoms with Gasteiger partial charge in [-0.3, -0.25) is 0 Å². The van der Waals surface area contributed by atoms with Crippen molar-refractivity contribution in [1.82, 2.24) is 0 Å². The van der Waals surface area contributed by atoms with Gasteiger partial charge in [0, 0.05) is 0 Å². The zero-order chi connectivity index (χ0) is 6.41. The molecule has 0 saturated heterocycles. The molecule has 0 aliphatic heterocycles. The number of hydrogen-bond donors (Lipinski definition) is 6. The molecular formula is H10O6SnZn. The fraction of sp³-hybridized carbons (Fsp3) is 0. The third kappa shape index (κ3) is 196. The molecule has 0 radical (unpaired) electrons. The van der Waals surface area contributed by atoms with Crippen LogP contribution < -0.4 is 0 Å². The summed E-state index contributed by atoms with van der Waals surface area (Å²) in [7, 11) is 0. The van der Waals surface area contributed by atoms with Crippen molar-refractivity contribution in [3.8, 4) is 0 Å². The van der Waals surface area contributed by atoms with Crippen molar-refractivity contribution in [1.29, 1.82) is 0 Å². The first kappa shape index (κ1) is 11.9. The molecule has 0 aromatic heterocycles. The van der Waals surface area contributed by atoms with Crippen LogP contribution in [0.4, 0.5) is 0 Å². The molecule has 0 aliphatic carbocycles. The second-order valence-electron chi connectivity index (χ2n) is 2.12. The van der Waals surface area contributed by atoms with E-state index in [4.69, 9.17) is 23.6 Å². The van der Waals surface area contributed by atoms with Gasteiger partial charge in [-0.2, -0.15) is 0 Å². The van der Waals surface area contributed by atoms with E-state index in [1.165, 1.54) is 0 Å².